The van der Waals surface area contributed by atoms with Crippen molar-refractivity contribution in [3.8, 4) is 0 Å². The van der Waals surface area contributed by atoms with Gasteiger partial charge in [0.1, 0.15) is 0 Å². The van der Waals surface area contributed by atoms with Crippen molar-refractivity contribution >= 4 is 42.8 Å². The van der Waals surface area contributed by atoms with Crippen molar-refractivity contribution in [2.45, 2.75) is 63.6 Å². The second kappa shape index (κ2) is 6.43. The predicted molar refractivity (Wildman–Crippen MR) is 91.8 cm³/mol. The molecule has 0 N–H and O–H groups in total. The van der Waals surface area contributed by atoms with Crippen LogP contribution in [0.25, 0.3) is 0 Å². The standard InChI is InChI=1S/C10H29O5Si5.Rh/c1-16(2)11-17(3,4)13-19(7,8)15-20(9,10)14-18(5,6)12-16;/h1H2,2-10H3;. The predicted octanol–water partition coefficient (Wildman–Crippen LogP) is 3.47. The van der Waals surface area contributed by atoms with E-state index < -0.39 is 42.8 Å². The Kier molecular flexibility index (Phi) is 6.29. The van der Waals surface area contributed by atoms with Crippen LogP contribution in [0.2, 0.25) is 63.6 Å². The van der Waals surface area contributed by atoms with Crippen LogP contribution in [0.3, 0.4) is 0 Å². The normalized spacial score (nSPS) is 30.6. The first kappa shape index (κ1) is 20.6. The van der Waals surface area contributed by atoms with Gasteiger partial charge in [-0.25, -0.2) is 0 Å². The molecule has 0 aromatic heterocycles. The Labute approximate surface area is 145 Å². The van der Waals surface area contributed by atoms with Crippen LogP contribution >= 0.6 is 0 Å². The van der Waals surface area contributed by atoms with Crippen LogP contribution in [-0.2, 0) is 38.9 Å². The van der Waals surface area contributed by atoms with Crippen LogP contribution in [0.1, 0.15) is 0 Å². The third-order valence-electron chi connectivity index (χ3n) is 2.61. The summed E-state index contributed by atoms with van der Waals surface area (Å²) in [6, 6.07) is 0. The molecule has 0 bridgehead atoms. The molecule has 1 saturated heterocycles. The molecular weight excluding hydrogens is 443 g/mol. The van der Waals surface area contributed by atoms with Crippen LogP contribution in [0, 0.1) is 0 Å². The van der Waals surface area contributed by atoms with Crippen molar-refractivity contribution in [3.63, 3.8) is 0 Å². The molecule has 0 aliphatic carbocycles. The summed E-state index contributed by atoms with van der Waals surface area (Å²) in [5, 5.41) is 0. The van der Waals surface area contributed by atoms with E-state index in [0.717, 1.165) is 4.64 Å². The third kappa shape index (κ3) is 6.87. The molecule has 0 spiro atoms. The van der Waals surface area contributed by atoms with E-state index in [2.05, 4.69) is 77.2 Å². The molecule has 0 atom stereocenters. The fraction of sp³-hybridized carbons (Fsp3) is 1.00. The van der Waals surface area contributed by atoms with Gasteiger partial charge in [-0.05, 0) is 0 Å². The van der Waals surface area contributed by atoms with Crippen LogP contribution in [0.4, 0.5) is 0 Å². The van der Waals surface area contributed by atoms with Crippen molar-refractivity contribution in [2.24, 2.45) is 0 Å². The molecule has 21 heavy (non-hydrogen) atoms. The van der Waals surface area contributed by atoms with E-state index in [-0.39, 0.29) is 0 Å². The molecule has 0 unspecified atom stereocenters. The fourth-order valence-corrected chi connectivity index (χ4v) is 30.7. The summed E-state index contributed by atoms with van der Waals surface area (Å²) < 4.78 is 32.7. The molecule has 0 radical (unpaired) electrons. The summed E-state index contributed by atoms with van der Waals surface area (Å²) in [5.41, 5.74) is 0. The molecule has 11 heteroatoms. The SMILES string of the molecule is C[Si]1(C)O[Si](C)(C)O[Si](C)(C)O[Si](C)([CH2][Rh])O[Si](C)(C)O1. The maximum atomic E-state index is 6.42. The first-order valence-electron chi connectivity index (χ1n) is 7.13. The first-order valence-corrected chi connectivity index (χ1v) is 22.1. The van der Waals surface area contributed by atoms with Gasteiger partial charge in [0.15, 0.2) is 0 Å². The van der Waals surface area contributed by atoms with Gasteiger partial charge in [0.05, 0.1) is 0 Å². The van der Waals surface area contributed by atoms with Gasteiger partial charge in [0.25, 0.3) is 0 Å². The van der Waals surface area contributed by atoms with Gasteiger partial charge in [0.2, 0.25) is 0 Å². The Morgan fingerprint density at radius 3 is 1.00 bits per heavy atom. The summed E-state index contributed by atoms with van der Waals surface area (Å²) in [4.78, 5) is 0. The molecule has 0 saturated carbocycles. The van der Waals surface area contributed by atoms with Crippen LogP contribution in [0.5, 0.6) is 0 Å². The van der Waals surface area contributed by atoms with Crippen molar-refractivity contribution < 1.29 is 38.9 Å². The van der Waals surface area contributed by atoms with Crippen molar-refractivity contribution in [3.05, 3.63) is 0 Å². The van der Waals surface area contributed by atoms with Crippen LogP contribution in [-0.4, -0.2) is 42.8 Å². The van der Waals surface area contributed by atoms with Gasteiger partial charge >= 0.3 is 145 Å². The zero-order chi connectivity index (χ0) is 16.7. The van der Waals surface area contributed by atoms with E-state index in [1.165, 1.54) is 0 Å². The van der Waals surface area contributed by atoms with E-state index >= 15 is 0 Å². The summed E-state index contributed by atoms with van der Waals surface area (Å²) >= 11 is 2.98. The Balaban J connectivity index is 3.20. The minimum atomic E-state index is -2.33. The molecule has 1 aliphatic rings. The molecule has 0 aromatic rings. The number of hydrogen-bond donors (Lipinski definition) is 0. The maximum absolute atomic E-state index is 6.42. The van der Waals surface area contributed by atoms with Gasteiger partial charge in [-0.2, -0.15) is 0 Å². The Morgan fingerprint density at radius 2 is 0.762 bits per heavy atom. The minimum absolute atomic E-state index is 0.790. The van der Waals surface area contributed by atoms with E-state index in [9.17, 15) is 0 Å². The summed E-state index contributed by atoms with van der Waals surface area (Å²) in [7, 11) is -11.5. The topological polar surface area (TPSA) is 46.2 Å². The Morgan fingerprint density at radius 1 is 0.524 bits per heavy atom. The van der Waals surface area contributed by atoms with Gasteiger partial charge in [-0.1, -0.05) is 0 Å². The molecular formula is C10H29O5RhSi5. The van der Waals surface area contributed by atoms with E-state index in [1.807, 2.05) is 0 Å². The van der Waals surface area contributed by atoms with E-state index in [1.54, 1.807) is 0 Å². The average molecular weight is 473 g/mol. The number of hydrogen-bond acceptors (Lipinski definition) is 5. The van der Waals surface area contributed by atoms with E-state index in [4.69, 9.17) is 20.6 Å². The molecule has 1 aliphatic heterocycles. The second-order valence-electron chi connectivity index (χ2n) is 7.36. The molecule has 0 aromatic carbocycles. The molecule has 128 valence electrons. The van der Waals surface area contributed by atoms with Gasteiger partial charge in [-0.3, -0.25) is 0 Å². The Bertz CT molecular complexity index is 360. The quantitative estimate of drug-likeness (QED) is 0.547. The zero-order valence-corrected chi connectivity index (χ0v) is 21.2. The van der Waals surface area contributed by atoms with Crippen molar-refractivity contribution in [1.29, 1.82) is 0 Å². The molecule has 0 amide bonds. The second-order valence-corrected chi connectivity index (χ2v) is 26.9. The fourth-order valence-electron chi connectivity index (χ4n) is 2.97. The Hall–Kier alpha value is 1.51. The average Bonchev–Trinajstić information content (AvgIpc) is 2.06. The molecule has 5 nitrogen and oxygen atoms in total. The van der Waals surface area contributed by atoms with Gasteiger partial charge in [0, 0.05) is 0 Å². The van der Waals surface area contributed by atoms with Crippen LogP contribution in [0.15, 0.2) is 0 Å². The number of rotatable bonds is 1. The summed E-state index contributed by atoms with van der Waals surface area (Å²) in [6.07, 6.45) is 0. The molecule has 1 fully saturated rings. The summed E-state index contributed by atoms with van der Waals surface area (Å²) in [5.74, 6) is 0. The zero-order valence-electron chi connectivity index (χ0n) is 14.6. The van der Waals surface area contributed by atoms with Crippen molar-refractivity contribution in [1.82, 2.24) is 0 Å². The van der Waals surface area contributed by atoms with Gasteiger partial charge in [-0.15, -0.1) is 0 Å². The first-order chi connectivity index (χ1) is 9.10. The van der Waals surface area contributed by atoms with Crippen molar-refractivity contribution in [2.75, 3.05) is 0 Å². The molecule has 1 rings (SSSR count). The summed E-state index contributed by atoms with van der Waals surface area (Å²) in [6.45, 7) is 18.8. The van der Waals surface area contributed by atoms with Crippen LogP contribution < -0.4 is 0 Å². The molecule has 1 heterocycles. The third-order valence-corrected chi connectivity index (χ3v) is 25.4. The van der Waals surface area contributed by atoms with E-state index in [0.29, 0.717) is 0 Å². The monoisotopic (exact) mass is 472 g/mol. The van der Waals surface area contributed by atoms with Gasteiger partial charge < -0.3 is 0 Å².